The third-order valence-corrected chi connectivity index (χ3v) is 5.09. The number of carbonyl (C=O) groups is 1. The molecule has 1 atom stereocenters. The van der Waals surface area contributed by atoms with Gasteiger partial charge in [-0.3, -0.25) is 19.6 Å². The summed E-state index contributed by atoms with van der Waals surface area (Å²) in [7, 11) is 0. The molecular formula is C19H18ClN5O3. The van der Waals surface area contributed by atoms with E-state index in [4.69, 9.17) is 11.6 Å². The molecule has 1 amide bonds. The zero-order chi connectivity index (χ0) is 19.8. The van der Waals surface area contributed by atoms with Crippen LogP contribution in [0.5, 0.6) is 0 Å². The van der Waals surface area contributed by atoms with Crippen molar-refractivity contribution in [3.8, 4) is 0 Å². The lowest BCUT2D eigenvalue weighted by atomic mass is 10.0. The average molecular weight is 400 g/mol. The Hall–Kier alpha value is -2.97. The number of halogens is 1. The van der Waals surface area contributed by atoms with E-state index in [2.05, 4.69) is 20.3 Å². The largest absolute Gasteiger partial charge is 0.328 e. The van der Waals surface area contributed by atoms with Crippen LogP contribution < -0.4 is 16.6 Å². The highest BCUT2D eigenvalue weighted by Gasteiger charge is 2.30. The van der Waals surface area contributed by atoms with E-state index < -0.39 is 11.2 Å². The number of aromatic nitrogens is 3. The van der Waals surface area contributed by atoms with Crippen LogP contribution in [0.2, 0.25) is 5.02 Å². The molecule has 1 aromatic carbocycles. The van der Waals surface area contributed by atoms with Gasteiger partial charge in [-0.25, -0.2) is 9.78 Å². The molecular weight excluding hydrogens is 382 g/mol. The molecule has 1 aliphatic rings. The van der Waals surface area contributed by atoms with E-state index in [1.54, 1.807) is 24.0 Å². The average Bonchev–Trinajstić information content (AvgIpc) is 2.66. The van der Waals surface area contributed by atoms with Gasteiger partial charge in [0, 0.05) is 24.7 Å². The number of H-pyrrole nitrogens is 2. The smallest absolute Gasteiger partial charge is 0.327 e. The number of carbonyl (C=O) groups excluding carboxylic acids is 1. The van der Waals surface area contributed by atoms with Gasteiger partial charge in [0.15, 0.2) is 0 Å². The molecule has 8 nitrogen and oxygen atoms in total. The first-order valence-electron chi connectivity index (χ1n) is 8.85. The van der Waals surface area contributed by atoms with Crippen LogP contribution in [0.25, 0.3) is 11.0 Å². The van der Waals surface area contributed by atoms with Crippen LogP contribution in [0.4, 0.5) is 0 Å². The van der Waals surface area contributed by atoms with Crippen molar-refractivity contribution in [2.45, 2.75) is 13.0 Å². The number of nitrogens with zero attached hydrogens (tertiary/aromatic N) is 2. The lowest BCUT2D eigenvalue weighted by Gasteiger charge is -2.36. The number of aromatic amines is 2. The Morgan fingerprint density at radius 1 is 1.25 bits per heavy atom. The number of hydrogen-bond acceptors (Lipinski definition) is 5. The number of aryl methyl sites for hydroxylation is 1. The van der Waals surface area contributed by atoms with E-state index in [9.17, 15) is 14.4 Å². The Morgan fingerprint density at radius 2 is 2.07 bits per heavy atom. The van der Waals surface area contributed by atoms with Gasteiger partial charge in [0.25, 0.3) is 11.5 Å². The second kappa shape index (κ2) is 7.21. The topological polar surface area (TPSA) is 111 Å². The quantitative estimate of drug-likeness (QED) is 0.602. The molecule has 3 aromatic rings. The molecule has 144 valence electrons. The molecule has 4 rings (SSSR count). The van der Waals surface area contributed by atoms with Crippen LogP contribution in [0, 0.1) is 6.92 Å². The second-order valence-electron chi connectivity index (χ2n) is 6.73. The molecule has 0 radical (unpaired) electrons. The third kappa shape index (κ3) is 3.32. The fraction of sp³-hybridized carbons (Fsp3) is 0.263. The molecule has 9 heteroatoms. The Bertz CT molecular complexity index is 1190. The van der Waals surface area contributed by atoms with Crippen molar-refractivity contribution < 1.29 is 4.79 Å². The maximum absolute atomic E-state index is 13.3. The van der Waals surface area contributed by atoms with Crippen molar-refractivity contribution in [3.63, 3.8) is 0 Å². The Morgan fingerprint density at radius 3 is 2.86 bits per heavy atom. The molecule has 3 heterocycles. The molecule has 3 N–H and O–H groups in total. The molecule has 1 unspecified atom stereocenters. The highest BCUT2D eigenvalue weighted by molar-refractivity contribution is 6.30. The summed E-state index contributed by atoms with van der Waals surface area (Å²) in [5, 5.41) is 4.16. The Labute approximate surface area is 164 Å². The molecule has 0 aliphatic carbocycles. The van der Waals surface area contributed by atoms with Crippen LogP contribution in [0.15, 0.2) is 39.9 Å². The molecule has 1 aliphatic heterocycles. The summed E-state index contributed by atoms with van der Waals surface area (Å²) in [4.78, 5) is 47.6. The van der Waals surface area contributed by atoms with E-state index in [0.717, 1.165) is 5.56 Å². The van der Waals surface area contributed by atoms with Gasteiger partial charge in [-0.1, -0.05) is 23.7 Å². The number of benzene rings is 1. The summed E-state index contributed by atoms with van der Waals surface area (Å²) in [5.74, 6) is -0.266. The van der Waals surface area contributed by atoms with E-state index in [-0.39, 0.29) is 28.7 Å². The van der Waals surface area contributed by atoms with Gasteiger partial charge in [0.2, 0.25) is 0 Å². The molecule has 0 saturated carbocycles. The lowest BCUT2D eigenvalue weighted by molar-refractivity contribution is 0.0628. The van der Waals surface area contributed by atoms with Crippen LogP contribution in [-0.4, -0.2) is 45.4 Å². The highest BCUT2D eigenvalue weighted by atomic mass is 35.5. The molecule has 28 heavy (non-hydrogen) atoms. The monoisotopic (exact) mass is 399 g/mol. The van der Waals surface area contributed by atoms with E-state index in [1.807, 2.05) is 18.2 Å². The van der Waals surface area contributed by atoms with Gasteiger partial charge >= 0.3 is 5.69 Å². The fourth-order valence-electron chi connectivity index (χ4n) is 3.57. The minimum Gasteiger partial charge on any atom is -0.328 e. The lowest BCUT2D eigenvalue weighted by Crippen LogP contribution is -2.49. The van der Waals surface area contributed by atoms with Gasteiger partial charge in [-0.05, 0) is 36.2 Å². The van der Waals surface area contributed by atoms with Crippen LogP contribution in [0.1, 0.15) is 27.7 Å². The number of fused-ring (bicyclic) bond motifs is 1. The van der Waals surface area contributed by atoms with Gasteiger partial charge in [0.1, 0.15) is 11.3 Å². The predicted molar refractivity (Wildman–Crippen MR) is 106 cm³/mol. The van der Waals surface area contributed by atoms with Crippen molar-refractivity contribution >= 4 is 28.5 Å². The van der Waals surface area contributed by atoms with Crippen molar-refractivity contribution in [3.05, 3.63) is 73.0 Å². The maximum atomic E-state index is 13.3. The number of pyridine rings is 1. The third-order valence-electron chi connectivity index (χ3n) is 4.86. The number of amides is 1. The van der Waals surface area contributed by atoms with Crippen LogP contribution >= 0.6 is 11.6 Å². The predicted octanol–water partition coefficient (Wildman–Crippen LogP) is 1.36. The summed E-state index contributed by atoms with van der Waals surface area (Å²) < 4.78 is 0. The summed E-state index contributed by atoms with van der Waals surface area (Å²) in [6.07, 6.45) is 0. The van der Waals surface area contributed by atoms with Crippen molar-refractivity contribution in [2.24, 2.45) is 0 Å². The number of piperazine rings is 1. The second-order valence-corrected chi connectivity index (χ2v) is 7.17. The fourth-order valence-corrected chi connectivity index (χ4v) is 3.77. The van der Waals surface area contributed by atoms with Gasteiger partial charge < -0.3 is 10.2 Å². The van der Waals surface area contributed by atoms with Gasteiger partial charge in [-0.2, -0.15) is 0 Å². The first-order chi connectivity index (χ1) is 13.4. The number of hydrogen-bond donors (Lipinski definition) is 3. The number of nitrogens with one attached hydrogen (secondary N) is 3. The summed E-state index contributed by atoms with van der Waals surface area (Å²) >= 11 is 6.12. The molecule has 2 aromatic heterocycles. The van der Waals surface area contributed by atoms with E-state index >= 15 is 0 Å². The van der Waals surface area contributed by atoms with Crippen molar-refractivity contribution in [1.82, 2.24) is 25.2 Å². The Kier molecular flexibility index (Phi) is 4.74. The van der Waals surface area contributed by atoms with Crippen LogP contribution in [-0.2, 0) is 0 Å². The first kappa shape index (κ1) is 18.4. The van der Waals surface area contributed by atoms with Gasteiger partial charge in [0.05, 0.1) is 11.4 Å². The zero-order valence-corrected chi connectivity index (χ0v) is 15.8. The molecule has 1 fully saturated rings. The van der Waals surface area contributed by atoms with E-state index in [1.165, 1.54) is 0 Å². The summed E-state index contributed by atoms with van der Waals surface area (Å²) in [6.45, 7) is 3.46. The summed E-state index contributed by atoms with van der Waals surface area (Å²) in [5.41, 5.74) is 0.595. The van der Waals surface area contributed by atoms with Crippen LogP contribution in [0.3, 0.4) is 0 Å². The molecule has 0 spiro atoms. The van der Waals surface area contributed by atoms with Gasteiger partial charge in [-0.15, -0.1) is 0 Å². The highest BCUT2D eigenvalue weighted by Crippen LogP contribution is 2.26. The first-order valence-corrected chi connectivity index (χ1v) is 9.23. The minimum absolute atomic E-state index is 0.103. The molecule has 0 bridgehead atoms. The normalized spacial score (nSPS) is 17.1. The minimum atomic E-state index is -0.659. The number of rotatable bonds is 2. The maximum Gasteiger partial charge on any atom is 0.327 e. The van der Waals surface area contributed by atoms with Crippen molar-refractivity contribution in [2.75, 3.05) is 19.6 Å². The van der Waals surface area contributed by atoms with Crippen molar-refractivity contribution in [1.29, 1.82) is 0 Å². The van der Waals surface area contributed by atoms with E-state index in [0.29, 0.717) is 30.2 Å². The summed E-state index contributed by atoms with van der Waals surface area (Å²) in [6, 6.07) is 8.79. The molecule has 1 saturated heterocycles. The Balaban J connectivity index is 1.77. The SMILES string of the molecule is Cc1cc(C(=O)N2CCNCC2c2cccc(Cl)c2)nc2[nH]c(=O)[nH]c(=O)c12. The standard InChI is InChI=1S/C19H18ClN5O3/c1-10-7-13(22-16-15(10)17(26)24-19(28)23-16)18(27)25-6-5-21-9-14(25)11-3-2-4-12(20)8-11/h2-4,7-8,14,21H,5-6,9H2,1H3,(H2,22,23,24,26,28). The zero-order valence-electron chi connectivity index (χ0n) is 15.1.